The van der Waals surface area contributed by atoms with Crippen LogP contribution in [0.2, 0.25) is 0 Å². The van der Waals surface area contributed by atoms with Gasteiger partial charge in [-0.2, -0.15) is 0 Å². The van der Waals surface area contributed by atoms with E-state index >= 15 is 0 Å². The molecule has 0 unspecified atom stereocenters. The van der Waals surface area contributed by atoms with Gasteiger partial charge in [0.05, 0.1) is 0 Å². The van der Waals surface area contributed by atoms with Gasteiger partial charge in [-0.3, -0.25) is 0 Å². The molecule has 5 heteroatoms. The molecule has 0 heterocycles. The fourth-order valence-electron chi connectivity index (χ4n) is 7.57. The average molecular weight is 959 g/mol. The molecule has 0 amide bonds. The van der Waals surface area contributed by atoms with Crippen molar-refractivity contribution in [3.63, 3.8) is 0 Å². The summed E-state index contributed by atoms with van der Waals surface area (Å²) >= 11 is 0. The van der Waals surface area contributed by atoms with Crippen LogP contribution < -0.4 is 42.4 Å². The Balaban J connectivity index is 0.000000201. The second-order valence-corrected chi connectivity index (χ2v) is 24.0. The first-order valence-corrected chi connectivity index (χ1v) is 27.4. The van der Waals surface area contributed by atoms with Crippen molar-refractivity contribution in [3.05, 3.63) is 243 Å². The Morgan fingerprint density at radius 2 is 0.295 bits per heavy atom. The minimum atomic E-state index is -0.283. The van der Waals surface area contributed by atoms with E-state index in [0.717, 1.165) is 0 Å². The van der Waals surface area contributed by atoms with Crippen molar-refractivity contribution in [2.45, 2.75) is 25.7 Å². The third-order valence-corrected chi connectivity index (χ3v) is 21.0. The van der Waals surface area contributed by atoms with Crippen LogP contribution in [0.1, 0.15) is 25.7 Å². The zero-order valence-corrected chi connectivity index (χ0v) is 40.0. The molecule has 61 heavy (non-hydrogen) atoms. The van der Waals surface area contributed by atoms with Crippen molar-refractivity contribution >= 4 is 74.1 Å². The molecule has 0 bridgehead atoms. The number of hydrogen-bond donors (Lipinski definition) is 0. The predicted octanol–water partition coefficient (Wildman–Crippen LogP) is 12.1. The van der Waals surface area contributed by atoms with E-state index in [1.807, 2.05) is 0 Å². The quantitative estimate of drug-likeness (QED) is 0.0457. The fraction of sp³-hybridized carbons (Fsp3) is 0.143. The van der Waals surface area contributed by atoms with Gasteiger partial charge in [0.2, 0.25) is 0 Å². The van der Waals surface area contributed by atoms with E-state index in [0.29, 0.717) is 0 Å². The Morgan fingerprint density at radius 3 is 0.410 bits per heavy atom. The van der Waals surface area contributed by atoms with E-state index in [9.17, 15) is 0 Å². The number of unbranched alkanes of at least 4 members (excludes halogenated alkanes) is 2. The first kappa shape index (κ1) is 46.6. The van der Waals surface area contributed by atoms with Gasteiger partial charge >= 0.3 is 20.4 Å². The van der Waals surface area contributed by atoms with Crippen molar-refractivity contribution in [1.29, 1.82) is 0 Å². The van der Waals surface area contributed by atoms with Gasteiger partial charge < -0.3 is 0 Å². The summed E-state index contributed by atoms with van der Waals surface area (Å²) in [6, 6.07) is 88.7. The van der Waals surface area contributed by atoms with Crippen molar-refractivity contribution in [1.82, 2.24) is 0 Å². The van der Waals surface area contributed by atoms with Crippen LogP contribution in [0.4, 0.5) is 0 Å². The molecule has 0 nitrogen and oxygen atoms in total. The molecule has 0 aliphatic rings. The molecule has 0 aliphatic heterocycles. The normalized spacial score (nSPS) is 11.0. The molecular weight excluding hydrogens is 903 g/mol. The Hall–Kier alpha value is -3.86. The summed E-state index contributed by atoms with van der Waals surface area (Å²) in [6.07, 6.45) is 10.1. The molecule has 0 N–H and O–H groups in total. The van der Waals surface area contributed by atoms with Gasteiger partial charge in [-0.15, -0.1) is 0 Å². The molecule has 0 aromatic heterocycles. The maximum atomic E-state index is 2.31. The molecule has 8 aromatic carbocycles. The van der Waals surface area contributed by atoms with Gasteiger partial charge in [0, 0.05) is 0 Å². The second kappa shape index (κ2) is 26.6. The smallest absolute Gasteiger partial charge is 0.0622 e. The van der Waals surface area contributed by atoms with Crippen molar-refractivity contribution in [2.75, 3.05) is 24.6 Å². The zero-order chi connectivity index (χ0) is 40.9. The number of benzene rings is 8. The minimum absolute atomic E-state index is 0. The maximum absolute atomic E-state index is 2.31. The zero-order valence-electron chi connectivity index (χ0n) is 34.9. The SMILES string of the molecule is [Pd+2].c1ccc(P(CCCCP(c2ccccc2)c2ccccc2)c2ccccc2)cc1.c1ccc(P(CCCCP(c2ccccc2)c2ccccc2)c2ccccc2)cc1. The van der Waals surface area contributed by atoms with Crippen LogP contribution in [-0.2, 0) is 20.4 Å². The molecule has 308 valence electrons. The van der Waals surface area contributed by atoms with Gasteiger partial charge in [0.25, 0.3) is 0 Å². The third kappa shape index (κ3) is 14.6. The van der Waals surface area contributed by atoms with Crippen LogP contribution in [0.5, 0.6) is 0 Å². The predicted molar refractivity (Wildman–Crippen MR) is 274 cm³/mol. The van der Waals surface area contributed by atoms with E-state index in [1.54, 1.807) is 0 Å². The Kier molecular flexibility index (Phi) is 20.3. The van der Waals surface area contributed by atoms with E-state index in [1.165, 1.54) is 92.8 Å². The standard InChI is InChI=1S/2C28H28P2.Pd/c2*1-5-15-25(16-6-1)29(26-17-7-2-8-18-26)23-13-14-24-30(27-19-9-3-10-20-27)28-21-11-4-12-22-28;/h2*1-12,15-22H,13-14,23-24H2;/q;;+2. The first-order chi connectivity index (χ1) is 29.8. The van der Waals surface area contributed by atoms with Gasteiger partial charge in [0.1, 0.15) is 0 Å². The van der Waals surface area contributed by atoms with Crippen LogP contribution in [0.25, 0.3) is 0 Å². The molecule has 0 saturated heterocycles. The summed E-state index contributed by atoms with van der Waals surface area (Å²) < 4.78 is 0. The van der Waals surface area contributed by atoms with Crippen molar-refractivity contribution in [3.8, 4) is 0 Å². The fourth-order valence-corrected chi connectivity index (χ4v) is 17.2. The van der Waals surface area contributed by atoms with Crippen LogP contribution in [0.15, 0.2) is 243 Å². The summed E-state index contributed by atoms with van der Waals surface area (Å²) in [7, 11) is -1.13. The maximum Gasteiger partial charge on any atom is 2.00 e. The van der Waals surface area contributed by atoms with Crippen molar-refractivity contribution in [2.24, 2.45) is 0 Å². The third-order valence-electron chi connectivity index (χ3n) is 10.6. The van der Waals surface area contributed by atoms with Gasteiger partial charge in [-0.25, -0.2) is 0 Å². The summed E-state index contributed by atoms with van der Waals surface area (Å²) in [5.74, 6) is 0. The molecule has 0 aliphatic carbocycles. The van der Waals surface area contributed by atoms with Crippen LogP contribution in [-0.4, -0.2) is 24.6 Å². The molecular formula is C56H56P4Pd+2. The van der Waals surface area contributed by atoms with Crippen molar-refractivity contribution < 1.29 is 20.4 Å². The summed E-state index contributed by atoms with van der Waals surface area (Å²) in [6.45, 7) is 0. The molecule has 0 fully saturated rings. The first-order valence-electron chi connectivity index (χ1n) is 21.3. The Bertz CT molecular complexity index is 1820. The topological polar surface area (TPSA) is 0 Å². The molecule has 0 saturated carbocycles. The monoisotopic (exact) mass is 958 g/mol. The minimum Gasteiger partial charge on any atom is -0.0622 e. The largest absolute Gasteiger partial charge is 2.00 e. The van der Waals surface area contributed by atoms with Gasteiger partial charge in [-0.05, 0) is 124 Å². The van der Waals surface area contributed by atoms with Gasteiger partial charge in [0.15, 0.2) is 0 Å². The van der Waals surface area contributed by atoms with Crippen LogP contribution in [0, 0.1) is 0 Å². The molecule has 0 radical (unpaired) electrons. The summed E-state index contributed by atoms with van der Waals surface area (Å²) in [5.41, 5.74) is 0. The molecule has 8 rings (SSSR count). The van der Waals surface area contributed by atoms with E-state index in [4.69, 9.17) is 0 Å². The Labute approximate surface area is 385 Å². The van der Waals surface area contributed by atoms with Crippen LogP contribution in [0.3, 0.4) is 0 Å². The van der Waals surface area contributed by atoms with E-state index < -0.39 is 0 Å². The average Bonchev–Trinajstić information content (AvgIpc) is 3.34. The Morgan fingerprint density at radius 1 is 0.180 bits per heavy atom. The number of rotatable bonds is 18. The molecule has 0 spiro atoms. The molecule has 8 aromatic rings. The molecule has 0 atom stereocenters. The summed E-state index contributed by atoms with van der Waals surface area (Å²) in [4.78, 5) is 0. The second-order valence-electron chi connectivity index (χ2n) is 14.7. The number of hydrogen-bond acceptors (Lipinski definition) is 0. The van der Waals surface area contributed by atoms with E-state index in [2.05, 4.69) is 243 Å². The van der Waals surface area contributed by atoms with Crippen LogP contribution >= 0.6 is 31.7 Å². The van der Waals surface area contributed by atoms with Gasteiger partial charge in [-0.1, -0.05) is 243 Å². The van der Waals surface area contributed by atoms with E-state index in [-0.39, 0.29) is 52.1 Å². The summed E-state index contributed by atoms with van der Waals surface area (Å²) in [5, 5.41) is 11.9.